The molecule has 2 fully saturated rings. The highest BCUT2D eigenvalue weighted by molar-refractivity contribution is 7.26. The molecule has 4 heteroatoms. The molecule has 0 spiro atoms. The average molecular weight is 903 g/mol. The fourth-order valence-electron chi connectivity index (χ4n) is 15.8. The predicted molar refractivity (Wildman–Crippen MR) is 293 cm³/mol. The van der Waals surface area contributed by atoms with Gasteiger partial charge in [-0.25, -0.2) is 0 Å². The maximum atomic E-state index is 2.81. The Morgan fingerprint density at radius 3 is 2.16 bits per heavy atom. The molecule has 5 unspecified atom stereocenters. The van der Waals surface area contributed by atoms with Crippen LogP contribution in [0.2, 0.25) is 0 Å². The van der Waals surface area contributed by atoms with Crippen LogP contribution in [0.5, 0.6) is 0 Å². The SMILES string of the molecule is Cc1cc2c3c(c1)N(c1cccc4c1sc1ccccc14)c1cc(N4c5ccc(-c6ccccc6)cc5C5(C)CCCCC45C)ccc1B3c1cc(C(C)(C)C)cc3c1C2C1(C)CCCCC31C. The smallest absolute Gasteiger partial charge is 0.247 e. The van der Waals surface area contributed by atoms with Crippen LogP contribution in [-0.4, -0.2) is 12.3 Å². The number of rotatable bonds is 3. The minimum atomic E-state index is -0.0785. The van der Waals surface area contributed by atoms with Crippen LogP contribution < -0.4 is 26.2 Å². The monoisotopic (exact) mass is 902 g/mol. The molecule has 0 bridgehead atoms. The summed E-state index contributed by atoms with van der Waals surface area (Å²) in [5.41, 5.74) is 23.4. The molecule has 6 aliphatic rings. The van der Waals surface area contributed by atoms with Gasteiger partial charge in [0.05, 0.1) is 15.9 Å². The maximum absolute atomic E-state index is 2.81. The second-order valence-electron chi connectivity index (χ2n) is 24.0. The van der Waals surface area contributed by atoms with Gasteiger partial charge in [-0.1, -0.05) is 164 Å². The van der Waals surface area contributed by atoms with Crippen LogP contribution in [-0.2, 0) is 16.2 Å². The molecule has 3 aliphatic heterocycles. The van der Waals surface area contributed by atoms with Crippen LogP contribution in [0.3, 0.4) is 0 Å². The first kappa shape index (κ1) is 41.4. The molecule has 1 aromatic heterocycles. The zero-order valence-electron chi connectivity index (χ0n) is 41.3. The van der Waals surface area contributed by atoms with Gasteiger partial charge in [0.25, 0.3) is 0 Å². The average Bonchev–Trinajstić information content (AvgIpc) is 3.89. The highest BCUT2D eigenvalue weighted by Crippen LogP contribution is 2.68. The molecule has 2 saturated carbocycles. The van der Waals surface area contributed by atoms with Gasteiger partial charge in [-0.2, -0.15) is 0 Å². The van der Waals surface area contributed by atoms with Gasteiger partial charge < -0.3 is 9.80 Å². The molecule has 4 heterocycles. The topological polar surface area (TPSA) is 6.48 Å². The molecule has 68 heavy (non-hydrogen) atoms. The first-order chi connectivity index (χ1) is 32.7. The van der Waals surface area contributed by atoms with Gasteiger partial charge in [0.2, 0.25) is 6.71 Å². The van der Waals surface area contributed by atoms with Crippen molar-refractivity contribution in [3.8, 4) is 11.1 Å². The summed E-state index contributed by atoms with van der Waals surface area (Å²) in [6, 6.07) is 53.0. The van der Waals surface area contributed by atoms with Crippen LogP contribution >= 0.6 is 11.3 Å². The van der Waals surface area contributed by atoms with Gasteiger partial charge in [-0.05, 0) is 154 Å². The summed E-state index contributed by atoms with van der Waals surface area (Å²) in [6.45, 7) is 20.4. The minimum Gasteiger partial charge on any atom is -0.334 e. The van der Waals surface area contributed by atoms with E-state index >= 15 is 0 Å². The van der Waals surface area contributed by atoms with E-state index in [9.17, 15) is 0 Å². The van der Waals surface area contributed by atoms with Gasteiger partial charge in [-0.15, -0.1) is 11.3 Å². The quantitative estimate of drug-likeness (QED) is 0.163. The first-order valence-corrected chi connectivity index (χ1v) is 26.7. The molecule has 338 valence electrons. The number of thiophene rings is 1. The summed E-state index contributed by atoms with van der Waals surface area (Å²) < 4.78 is 2.72. The van der Waals surface area contributed by atoms with Gasteiger partial charge in [0, 0.05) is 49.6 Å². The van der Waals surface area contributed by atoms with Crippen molar-refractivity contribution in [2.24, 2.45) is 5.41 Å². The van der Waals surface area contributed by atoms with Crippen molar-refractivity contribution < 1.29 is 0 Å². The van der Waals surface area contributed by atoms with E-state index in [1.165, 1.54) is 133 Å². The Morgan fingerprint density at radius 1 is 0.588 bits per heavy atom. The zero-order valence-corrected chi connectivity index (χ0v) is 42.1. The third kappa shape index (κ3) is 5.16. The molecule has 0 radical (unpaired) electrons. The Balaban J connectivity index is 1.07. The molecule has 7 aromatic carbocycles. The van der Waals surface area contributed by atoms with Gasteiger partial charge >= 0.3 is 0 Å². The fourth-order valence-corrected chi connectivity index (χ4v) is 17.0. The van der Waals surface area contributed by atoms with E-state index in [-0.39, 0.29) is 33.9 Å². The maximum Gasteiger partial charge on any atom is 0.247 e. The Hall–Kier alpha value is -5.58. The Labute approximate surface area is 408 Å². The van der Waals surface area contributed by atoms with E-state index in [1.54, 1.807) is 27.6 Å². The van der Waals surface area contributed by atoms with Crippen molar-refractivity contribution in [2.45, 2.75) is 134 Å². The summed E-state index contributed by atoms with van der Waals surface area (Å²) >= 11 is 1.96. The molecule has 2 nitrogen and oxygen atoms in total. The van der Waals surface area contributed by atoms with Crippen molar-refractivity contribution in [3.05, 3.63) is 167 Å². The molecule has 5 atom stereocenters. The standard InChI is InChI=1S/C64H63BN2S/c1-39-33-46-57-56-48(61(5)29-14-15-31-63(57,61)7)36-42(60(2,3)4)37-50(56)65-49-27-26-43(67-51-28-25-41(40-19-10-9-11-20-40)35-47(51)62(6)30-16-17-32-64(62,67)8)38-53(49)66(54(34-39)58(46)65)52-23-18-22-45-44-21-12-13-24-55(44)68-59(45)52/h9-13,18-28,33-38,57H,14-17,29-32H2,1-8H3. The second-order valence-corrected chi connectivity index (χ2v) is 25.0. The van der Waals surface area contributed by atoms with Crippen LogP contribution in [0.25, 0.3) is 31.3 Å². The Morgan fingerprint density at radius 2 is 1.34 bits per heavy atom. The largest absolute Gasteiger partial charge is 0.334 e. The van der Waals surface area contributed by atoms with Crippen molar-refractivity contribution in [3.63, 3.8) is 0 Å². The first-order valence-electron chi connectivity index (χ1n) is 25.9. The Kier molecular flexibility index (Phi) is 8.41. The van der Waals surface area contributed by atoms with Crippen LogP contribution in [0.4, 0.5) is 28.4 Å². The highest BCUT2D eigenvalue weighted by Gasteiger charge is 2.63. The van der Waals surface area contributed by atoms with Crippen molar-refractivity contribution >= 4 is 83.0 Å². The summed E-state index contributed by atoms with van der Waals surface area (Å²) in [5.74, 6) is 0.366. The summed E-state index contributed by atoms with van der Waals surface area (Å²) in [6.07, 6.45) is 10.0. The lowest BCUT2D eigenvalue weighted by molar-refractivity contribution is 0.0925. The Bertz CT molecular complexity index is 3470. The van der Waals surface area contributed by atoms with E-state index in [4.69, 9.17) is 0 Å². The summed E-state index contributed by atoms with van der Waals surface area (Å²) in [5, 5.41) is 2.70. The number of anilines is 5. The molecule has 0 amide bonds. The van der Waals surface area contributed by atoms with Crippen molar-refractivity contribution in [1.82, 2.24) is 0 Å². The lowest BCUT2D eigenvalue weighted by atomic mass is 9.30. The number of hydrogen-bond acceptors (Lipinski definition) is 3. The van der Waals surface area contributed by atoms with Crippen molar-refractivity contribution in [1.29, 1.82) is 0 Å². The van der Waals surface area contributed by atoms with E-state index in [2.05, 4.69) is 199 Å². The second kappa shape index (κ2) is 13.8. The molecule has 8 aromatic rings. The number of hydrogen-bond donors (Lipinski definition) is 0. The van der Waals surface area contributed by atoms with Crippen molar-refractivity contribution in [2.75, 3.05) is 9.80 Å². The summed E-state index contributed by atoms with van der Waals surface area (Å²) in [7, 11) is 0. The molecule has 0 saturated heterocycles. The molecule has 14 rings (SSSR count). The van der Waals surface area contributed by atoms with Gasteiger partial charge in [0.15, 0.2) is 0 Å². The highest BCUT2D eigenvalue weighted by atomic mass is 32.1. The lowest BCUT2D eigenvalue weighted by Gasteiger charge is -2.51. The molecule has 3 aliphatic carbocycles. The van der Waals surface area contributed by atoms with Crippen LogP contribution in [0, 0.1) is 12.3 Å². The summed E-state index contributed by atoms with van der Waals surface area (Å²) in [4.78, 5) is 5.57. The predicted octanol–water partition coefficient (Wildman–Crippen LogP) is 15.7. The van der Waals surface area contributed by atoms with E-state index < -0.39 is 0 Å². The minimum absolute atomic E-state index is 0.0115. The van der Waals surface area contributed by atoms with E-state index in [0.29, 0.717) is 5.92 Å². The third-order valence-corrected chi connectivity index (χ3v) is 20.8. The molecule has 0 N–H and O–H groups in total. The van der Waals surface area contributed by atoms with Gasteiger partial charge in [-0.3, -0.25) is 0 Å². The van der Waals surface area contributed by atoms with Gasteiger partial charge in [0.1, 0.15) is 0 Å². The normalized spacial score (nSPS) is 26.4. The third-order valence-electron chi connectivity index (χ3n) is 19.6. The molecular weight excluding hydrogens is 840 g/mol. The van der Waals surface area contributed by atoms with E-state index in [0.717, 1.165) is 0 Å². The number of fused-ring (bicyclic) bond motifs is 13. The number of benzene rings is 7. The lowest BCUT2D eigenvalue weighted by Crippen LogP contribution is -2.62. The zero-order chi connectivity index (χ0) is 46.3. The molecular formula is C64H63BN2S. The van der Waals surface area contributed by atoms with Crippen LogP contribution in [0.1, 0.15) is 139 Å². The fraction of sp³-hybridized carbons (Fsp3) is 0.344. The number of nitrogens with zero attached hydrogens (tertiary/aromatic N) is 2. The van der Waals surface area contributed by atoms with Crippen LogP contribution in [0.15, 0.2) is 133 Å². The van der Waals surface area contributed by atoms with E-state index in [1.807, 2.05) is 11.3 Å². The number of aryl methyl sites for hydroxylation is 1.